The summed E-state index contributed by atoms with van der Waals surface area (Å²) >= 11 is 0. The molecule has 0 radical (unpaired) electrons. The molecule has 2 aliphatic rings. The van der Waals surface area contributed by atoms with E-state index in [-0.39, 0.29) is 58.9 Å². The van der Waals surface area contributed by atoms with Crippen LogP contribution in [-0.4, -0.2) is 68.7 Å². The number of ether oxygens (including phenoxy) is 4. The van der Waals surface area contributed by atoms with Crippen molar-refractivity contribution < 1.29 is 34.0 Å². The topological polar surface area (TPSA) is 153 Å². The fraction of sp³-hybridized carbons (Fsp3) is 0.378. The number of aliphatic hydroxyl groups is 1. The predicted molar refractivity (Wildman–Crippen MR) is 187 cm³/mol. The van der Waals surface area contributed by atoms with Gasteiger partial charge in [0.1, 0.15) is 17.3 Å². The van der Waals surface area contributed by atoms with E-state index in [0.29, 0.717) is 78.8 Å². The highest BCUT2D eigenvalue weighted by Crippen LogP contribution is 2.58. The van der Waals surface area contributed by atoms with Crippen LogP contribution in [0.15, 0.2) is 27.3 Å². The van der Waals surface area contributed by atoms with Gasteiger partial charge in [0.25, 0.3) is 0 Å². The summed E-state index contributed by atoms with van der Waals surface area (Å²) in [6.07, 6.45) is 2.54. The monoisotopic (exact) mass is 654 g/mol. The second-order valence-corrected chi connectivity index (χ2v) is 13.2. The van der Waals surface area contributed by atoms with Crippen LogP contribution in [0.1, 0.15) is 51.2 Å². The Balaban J connectivity index is 1.80. The van der Waals surface area contributed by atoms with Crippen molar-refractivity contribution >= 4 is 66.3 Å². The van der Waals surface area contributed by atoms with Gasteiger partial charge >= 0.3 is 0 Å². The van der Waals surface area contributed by atoms with Crippen LogP contribution in [0, 0.1) is 0 Å². The molecule has 0 aromatic heterocycles. The first kappa shape index (κ1) is 31.7. The standard InChI is InChI=1S/C37H38N2O9/c1-15-12-17-24-29-25(34-33(17)38-22(37(3,4)39-34)8-10-48-11-9-40)18(42)13-20(45-5)27(29)28-21(46-6)14-19(43)26-31(28)30(24)32(23(15)16(2)41)36(47-7)35(26)44/h12-14,22-23,38-40,44H,8-11H2,1-7H3. The van der Waals surface area contributed by atoms with Crippen LogP contribution < -0.4 is 35.7 Å². The highest BCUT2D eigenvalue weighted by molar-refractivity contribution is 6.41. The molecule has 5 aromatic carbocycles. The molecule has 0 amide bonds. The number of phenolic OH excluding ortho intramolecular Hbond substituents is 1. The fourth-order valence-corrected chi connectivity index (χ4v) is 8.13. The number of hydrogen-bond donors (Lipinski definition) is 4. The molecule has 4 N–H and O–H groups in total. The van der Waals surface area contributed by atoms with Gasteiger partial charge in [-0.1, -0.05) is 11.6 Å². The van der Waals surface area contributed by atoms with Crippen molar-refractivity contribution in [2.24, 2.45) is 0 Å². The summed E-state index contributed by atoms with van der Waals surface area (Å²) in [5, 5.41) is 32.0. The van der Waals surface area contributed by atoms with Crippen molar-refractivity contribution in [3.05, 3.63) is 49.3 Å². The number of fused-ring (bicyclic) bond motifs is 4. The maximum Gasteiger partial charge on any atom is 0.194 e. The average Bonchev–Trinajstić information content (AvgIpc) is 3.17. The number of Topliss-reactive ketones (excluding diaryl/α,β-unsaturated/α-hetero) is 1. The normalized spacial score (nSPS) is 18.1. The molecule has 1 aliphatic heterocycles. The minimum atomic E-state index is -0.841. The lowest BCUT2D eigenvalue weighted by molar-refractivity contribution is -0.117. The molecule has 250 valence electrons. The van der Waals surface area contributed by atoms with Crippen LogP contribution in [0.4, 0.5) is 11.4 Å². The van der Waals surface area contributed by atoms with Crippen molar-refractivity contribution in [3.63, 3.8) is 0 Å². The van der Waals surface area contributed by atoms with Gasteiger partial charge < -0.3 is 39.8 Å². The Kier molecular flexibility index (Phi) is 7.33. The summed E-state index contributed by atoms with van der Waals surface area (Å²) < 4.78 is 23.2. The molecule has 0 fully saturated rings. The smallest absolute Gasteiger partial charge is 0.194 e. The molecule has 2 unspecified atom stereocenters. The van der Waals surface area contributed by atoms with Crippen LogP contribution in [0.3, 0.4) is 0 Å². The Hall–Kier alpha value is -4.87. The van der Waals surface area contributed by atoms with Gasteiger partial charge in [0.05, 0.1) is 74.2 Å². The number of hydrogen-bond acceptors (Lipinski definition) is 11. The third-order valence-electron chi connectivity index (χ3n) is 10.1. The molecule has 11 heteroatoms. The molecule has 48 heavy (non-hydrogen) atoms. The molecule has 0 saturated carbocycles. The van der Waals surface area contributed by atoms with E-state index in [9.17, 15) is 24.6 Å². The quantitative estimate of drug-likeness (QED) is 0.0954. The molecule has 1 aliphatic carbocycles. The van der Waals surface area contributed by atoms with E-state index < -0.39 is 16.9 Å². The predicted octanol–water partition coefficient (Wildman–Crippen LogP) is 5.10. The number of allylic oxidation sites excluding steroid dienone is 1. The number of anilines is 2. The fourth-order valence-electron chi connectivity index (χ4n) is 8.13. The van der Waals surface area contributed by atoms with E-state index in [4.69, 9.17) is 18.9 Å². The Morgan fingerprint density at radius 1 is 0.854 bits per heavy atom. The molecule has 11 nitrogen and oxygen atoms in total. The first-order chi connectivity index (χ1) is 22.9. The summed E-state index contributed by atoms with van der Waals surface area (Å²) in [6.45, 7) is 7.98. The highest BCUT2D eigenvalue weighted by atomic mass is 16.5. The molecular formula is C37H38N2O9. The number of nitrogens with one attached hydrogen (secondary N) is 2. The highest BCUT2D eigenvalue weighted by Gasteiger charge is 2.41. The van der Waals surface area contributed by atoms with Crippen molar-refractivity contribution in [3.8, 4) is 23.0 Å². The largest absolute Gasteiger partial charge is 0.504 e. The van der Waals surface area contributed by atoms with Gasteiger partial charge in [0.2, 0.25) is 0 Å². The van der Waals surface area contributed by atoms with Crippen molar-refractivity contribution in [1.29, 1.82) is 0 Å². The zero-order valence-corrected chi connectivity index (χ0v) is 28.0. The second-order valence-electron chi connectivity index (χ2n) is 13.2. The van der Waals surface area contributed by atoms with E-state index in [0.717, 1.165) is 0 Å². The van der Waals surface area contributed by atoms with E-state index in [1.807, 2.05) is 26.8 Å². The third-order valence-corrected chi connectivity index (χ3v) is 10.1. The van der Waals surface area contributed by atoms with Crippen molar-refractivity contribution in [2.45, 2.75) is 51.6 Å². The SMILES string of the molecule is COc1c(O)c2c(=O)cc(OC)c3c4c(OC)cc(=O)c5c6c(c7c(c(c1C(C(C)=O)C(C)=C7)c23)c54)NC(CCOCCO)C(C)(C)N6. The minimum Gasteiger partial charge on any atom is -0.504 e. The van der Waals surface area contributed by atoms with E-state index in [1.165, 1.54) is 40.4 Å². The molecule has 5 aromatic rings. The Bertz CT molecular complexity index is 2330. The number of aliphatic hydroxyl groups excluding tert-OH is 1. The van der Waals surface area contributed by atoms with E-state index in [2.05, 4.69) is 10.6 Å². The van der Waals surface area contributed by atoms with Gasteiger partial charge in [-0.25, -0.2) is 0 Å². The lowest BCUT2D eigenvalue weighted by Crippen LogP contribution is -2.52. The number of ketones is 1. The maximum atomic E-state index is 14.3. The lowest BCUT2D eigenvalue weighted by Gasteiger charge is -2.44. The summed E-state index contributed by atoms with van der Waals surface area (Å²) in [5.74, 6) is -0.849. The summed E-state index contributed by atoms with van der Waals surface area (Å²) in [6, 6.07) is 2.59. The van der Waals surface area contributed by atoms with Crippen LogP contribution in [0.25, 0.3) is 49.2 Å². The van der Waals surface area contributed by atoms with Crippen LogP contribution >= 0.6 is 0 Å². The van der Waals surface area contributed by atoms with Gasteiger partial charge in [-0.15, -0.1) is 0 Å². The number of rotatable bonds is 9. The van der Waals surface area contributed by atoms with Gasteiger partial charge in [0.15, 0.2) is 22.4 Å². The molecule has 2 atom stereocenters. The zero-order valence-electron chi connectivity index (χ0n) is 28.0. The number of aromatic hydroxyl groups is 1. The van der Waals surface area contributed by atoms with Crippen LogP contribution in [0.2, 0.25) is 0 Å². The average molecular weight is 655 g/mol. The van der Waals surface area contributed by atoms with Gasteiger partial charge in [-0.2, -0.15) is 0 Å². The molecular weight excluding hydrogens is 616 g/mol. The number of benzene rings is 5. The first-order valence-corrected chi connectivity index (χ1v) is 15.9. The number of phenols is 1. The number of carbonyl (C=O) groups is 1. The maximum absolute atomic E-state index is 14.3. The minimum absolute atomic E-state index is 0.0186. The molecule has 0 bridgehead atoms. The van der Waals surface area contributed by atoms with Gasteiger partial charge in [-0.05, 0) is 39.5 Å². The van der Waals surface area contributed by atoms with Gasteiger partial charge in [-0.3, -0.25) is 14.4 Å². The Morgan fingerprint density at radius 2 is 1.48 bits per heavy atom. The lowest BCUT2D eigenvalue weighted by atomic mass is 9.79. The Morgan fingerprint density at radius 3 is 2.06 bits per heavy atom. The second kappa shape index (κ2) is 11.1. The van der Waals surface area contributed by atoms with E-state index in [1.54, 1.807) is 0 Å². The van der Waals surface area contributed by atoms with Crippen molar-refractivity contribution in [2.75, 3.05) is 51.8 Å². The van der Waals surface area contributed by atoms with Crippen molar-refractivity contribution in [1.82, 2.24) is 0 Å². The summed E-state index contributed by atoms with van der Waals surface area (Å²) in [7, 11) is 4.34. The summed E-state index contributed by atoms with van der Waals surface area (Å²) in [5.41, 5.74) is 1.78. The summed E-state index contributed by atoms with van der Waals surface area (Å²) in [4.78, 5) is 41.7. The molecule has 1 heterocycles. The molecule has 0 spiro atoms. The Labute approximate surface area is 275 Å². The number of methoxy groups -OCH3 is 3. The third kappa shape index (κ3) is 4.16. The molecule has 7 rings (SSSR count). The van der Waals surface area contributed by atoms with Crippen LogP contribution in [0.5, 0.6) is 23.0 Å². The zero-order chi connectivity index (χ0) is 34.4. The van der Waals surface area contributed by atoms with E-state index >= 15 is 0 Å². The van der Waals surface area contributed by atoms with Gasteiger partial charge in [0, 0.05) is 56.8 Å². The van der Waals surface area contributed by atoms with Crippen LogP contribution in [-0.2, 0) is 9.53 Å². The molecule has 0 saturated heterocycles. The number of carbonyl (C=O) groups excluding carboxylic acids is 1. The first-order valence-electron chi connectivity index (χ1n) is 15.9.